The minimum Gasteiger partial charge on any atom is -0.320 e. The highest BCUT2D eigenvalue weighted by Gasteiger charge is 2.30. The highest BCUT2D eigenvalue weighted by atomic mass is 15.4. The molecule has 0 fully saturated rings. The second-order valence-electron chi connectivity index (χ2n) is 3.92. The van der Waals surface area contributed by atoms with Gasteiger partial charge in [0.1, 0.15) is 0 Å². The van der Waals surface area contributed by atoms with E-state index in [1.165, 1.54) is 17.6 Å². The summed E-state index contributed by atoms with van der Waals surface area (Å²) < 4.78 is 1.25. The second-order valence-corrected chi connectivity index (χ2v) is 3.92. The largest absolute Gasteiger partial charge is 0.320 e. The van der Waals surface area contributed by atoms with Crippen LogP contribution in [0.4, 0.5) is 0 Å². The molecule has 0 amide bonds. The molecule has 0 heterocycles. The van der Waals surface area contributed by atoms with Crippen molar-refractivity contribution in [2.45, 2.75) is 53.6 Å². The fourth-order valence-electron chi connectivity index (χ4n) is 2.28. The molecule has 11 heavy (non-hydrogen) atoms. The minimum absolute atomic E-state index is 0.755. The molecule has 0 aromatic rings. The Hall–Kier alpha value is -0.0400. The van der Waals surface area contributed by atoms with Crippen LogP contribution in [0.3, 0.4) is 0 Å². The maximum absolute atomic E-state index is 2.33. The summed E-state index contributed by atoms with van der Waals surface area (Å²) in [6.07, 6.45) is 0. The summed E-state index contributed by atoms with van der Waals surface area (Å²) >= 11 is 0. The van der Waals surface area contributed by atoms with Gasteiger partial charge in [-0.2, -0.15) is 0 Å². The predicted octanol–water partition coefficient (Wildman–Crippen LogP) is 2.66. The van der Waals surface area contributed by atoms with Crippen LogP contribution < -0.4 is 0 Å². The van der Waals surface area contributed by atoms with Gasteiger partial charge in [-0.15, -0.1) is 0 Å². The van der Waals surface area contributed by atoms with Crippen LogP contribution in [0.15, 0.2) is 0 Å². The molecule has 0 N–H and O–H groups in total. The number of quaternary nitrogens is 1. The molecule has 0 bridgehead atoms. The lowest BCUT2D eigenvalue weighted by atomic mass is 10.1. The second kappa shape index (κ2) is 4.10. The molecule has 0 aliphatic carbocycles. The number of hydrogen-bond donors (Lipinski definition) is 0. The molecule has 0 aromatic heterocycles. The third-order valence-corrected chi connectivity index (χ3v) is 3.23. The predicted molar refractivity (Wildman–Crippen MR) is 51.6 cm³/mol. The lowest BCUT2D eigenvalue weighted by Crippen LogP contribution is -2.57. The molecule has 0 aliphatic heterocycles. The summed E-state index contributed by atoms with van der Waals surface area (Å²) in [6, 6.07) is 1.51. The van der Waals surface area contributed by atoms with Crippen molar-refractivity contribution in [3.05, 3.63) is 0 Å². The molecule has 0 unspecified atom stereocenters. The molecule has 0 aromatic carbocycles. The van der Waals surface area contributed by atoms with E-state index in [0.29, 0.717) is 0 Å². The fourth-order valence-corrected chi connectivity index (χ4v) is 2.28. The van der Waals surface area contributed by atoms with Gasteiger partial charge in [-0.3, -0.25) is 0 Å². The monoisotopic (exact) mass is 158 g/mol. The molecular weight excluding hydrogens is 134 g/mol. The Morgan fingerprint density at radius 1 is 0.818 bits per heavy atom. The van der Waals surface area contributed by atoms with E-state index in [4.69, 9.17) is 0 Å². The Kier molecular flexibility index (Phi) is 4.09. The van der Waals surface area contributed by atoms with Crippen LogP contribution in [-0.4, -0.2) is 29.7 Å². The number of nitrogens with zero attached hydrogens (tertiary/aromatic N) is 1. The van der Waals surface area contributed by atoms with Gasteiger partial charge in [0.25, 0.3) is 0 Å². The van der Waals surface area contributed by atoms with Gasteiger partial charge in [0.05, 0.1) is 25.2 Å². The van der Waals surface area contributed by atoms with Gasteiger partial charge in [0, 0.05) is 0 Å². The van der Waals surface area contributed by atoms with E-state index in [9.17, 15) is 0 Å². The Bertz CT molecular complexity index is 91.4. The molecule has 0 rings (SSSR count). The molecule has 0 aliphatic rings. The lowest BCUT2D eigenvalue weighted by Gasteiger charge is -2.44. The van der Waals surface area contributed by atoms with E-state index in [2.05, 4.69) is 41.5 Å². The van der Waals surface area contributed by atoms with E-state index in [0.717, 1.165) is 12.1 Å². The summed E-state index contributed by atoms with van der Waals surface area (Å²) in [7, 11) is 0. The van der Waals surface area contributed by atoms with Crippen molar-refractivity contribution in [3.63, 3.8) is 0 Å². The fraction of sp³-hybridized carbons (Fsp3) is 1.00. The molecule has 0 radical (unpaired) electrons. The summed E-state index contributed by atoms with van der Waals surface area (Å²) in [5.74, 6) is 0. The maximum atomic E-state index is 2.33. The molecule has 68 valence electrons. The molecule has 0 spiro atoms. The average Bonchev–Trinajstić information content (AvgIpc) is 1.90. The zero-order valence-corrected chi connectivity index (χ0v) is 9.02. The van der Waals surface area contributed by atoms with Crippen LogP contribution in [0.25, 0.3) is 0 Å². The number of rotatable bonds is 4. The third kappa shape index (κ3) is 1.96. The van der Waals surface area contributed by atoms with E-state index >= 15 is 0 Å². The standard InChI is InChI=1S/C10H24N/c1-7-11(8-2,9(3)4)10(5)6/h9-10H,7-8H2,1-6H3/q+1. The Morgan fingerprint density at radius 3 is 1.09 bits per heavy atom. The summed E-state index contributed by atoms with van der Waals surface area (Å²) in [5, 5.41) is 0. The minimum atomic E-state index is 0.755. The van der Waals surface area contributed by atoms with Gasteiger partial charge < -0.3 is 4.48 Å². The molecular formula is C10H24N+. The highest BCUT2D eigenvalue weighted by Crippen LogP contribution is 2.17. The first-order valence-corrected chi connectivity index (χ1v) is 4.87. The van der Waals surface area contributed by atoms with Crippen molar-refractivity contribution in [2.75, 3.05) is 13.1 Å². The molecule has 0 saturated heterocycles. The smallest absolute Gasteiger partial charge is 0.0835 e. The van der Waals surface area contributed by atoms with Crippen molar-refractivity contribution in [1.29, 1.82) is 0 Å². The molecule has 0 atom stereocenters. The Balaban J connectivity index is 4.46. The van der Waals surface area contributed by atoms with Crippen molar-refractivity contribution in [3.8, 4) is 0 Å². The van der Waals surface area contributed by atoms with Crippen LogP contribution in [0.2, 0.25) is 0 Å². The first kappa shape index (κ1) is 11.0. The quantitative estimate of drug-likeness (QED) is 0.552. The molecule has 1 heteroatoms. The van der Waals surface area contributed by atoms with Gasteiger partial charge in [-0.1, -0.05) is 0 Å². The third-order valence-electron chi connectivity index (χ3n) is 3.23. The van der Waals surface area contributed by atoms with Gasteiger partial charge in [-0.25, -0.2) is 0 Å². The van der Waals surface area contributed by atoms with E-state index in [-0.39, 0.29) is 0 Å². The molecule has 0 saturated carbocycles. The van der Waals surface area contributed by atoms with E-state index in [1.807, 2.05) is 0 Å². The van der Waals surface area contributed by atoms with E-state index < -0.39 is 0 Å². The van der Waals surface area contributed by atoms with Crippen molar-refractivity contribution in [2.24, 2.45) is 0 Å². The van der Waals surface area contributed by atoms with Gasteiger partial charge >= 0.3 is 0 Å². The van der Waals surface area contributed by atoms with E-state index in [1.54, 1.807) is 0 Å². The summed E-state index contributed by atoms with van der Waals surface area (Å²) in [4.78, 5) is 0. The topological polar surface area (TPSA) is 0 Å². The van der Waals surface area contributed by atoms with Gasteiger partial charge in [0.2, 0.25) is 0 Å². The average molecular weight is 158 g/mol. The highest BCUT2D eigenvalue weighted by molar-refractivity contribution is 4.50. The van der Waals surface area contributed by atoms with Crippen molar-refractivity contribution >= 4 is 0 Å². The van der Waals surface area contributed by atoms with Crippen molar-refractivity contribution in [1.82, 2.24) is 0 Å². The zero-order chi connectivity index (χ0) is 9.07. The van der Waals surface area contributed by atoms with Crippen molar-refractivity contribution < 1.29 is 4.48 Å². The van der Waals surface area contributed by atoms with Crippen LogP contribution >= 0.6 is 0 Å². The first-order valence-electron chi connectivity index (χ1n) is 4.87. The van der Waals surface area contributed by atoms with Gasteiger partial charge in [-0.05, 0) is 41.5 Å². The Morgan fingerprint density at radius 2 is 1.09 bits per heavy atom. The maximum Gasteiger partial charge on any atom is 0.0835 e. The van der Waals surface area contributed by atoms with Crippen LogP contribution in [0, 0.1) is 0 Å². The first-order chi connectivity index (χ1) is 5.01. The lowest BCUT2D eigenvalue weighted by molar-refractivity contribution is -0.963. The van der Waals surface area contributed by atoms with Crippen LogP contribution in [0.1, 0.15) is 41.5 Å². The Labute approximate surface area is 72.0 Å². The van der Waals surface area contributed by atoms with Gasteiger partial charge in [0.15, 0.2) is 0 Å². The van der Waals surface area contributed by atoms with Crippen LogP contribution in [-0.2, 0) is 0 Å². The SMILES string of the molecule is CC[N+](CC)(C(C)C)C(C)C. The van der Waals surface area contributed by atoms with Crippen LogP contribution in [0.5, 0.6) is 0 Å². The summed E-state index contributed by atoms with van der Waals surface area (Å²) in [6.45, 7) is 16.4. The normalized spacial score (nSPS) is 13.1. The zero-order valence-electron chi connectivity index (χ0n) is 9.02. The number of hydrogen-bond acceptors (Lipinski definition) is 0. The molecule has 1 nitrogen and oxygen atoms in total. The summed E-state index contributed by atoms with van der Waals surface area (Å²) in [5.41, 5.74) is 0.